The van der Waals surface area contributed by atoms with Crippen molar-refractivity contribution < 1.29 is 23.8 Å². The predicted molar refractivity (Wildman–Crippen MR) is 126 cm³/mol. The molecule has 1 aliphatic heterocycles. The highest BCUT2D eigenvalue weighted by molar-refractivity contribution is 6.15. The third kappa shape index (κ3) is 4.88. The number of amides is 1. The van der Waals surface area contributed by atoms with Gasteiger partial charge >= 0.3 is 0 Å². The van der Waals surface area contributed by atoms with Crippen LogP contribution in [0.1, 0.15) is 59.7 Å². The molecule has 1 aliphatic rings. The highest BCUT2D eigenvalue weighted by Crippen LogP contribution is 2.41. The number of hydrogen-bond donors (Lipinski definition) is 1. The fraction of sp³-hybridized carbons (Fsp3) is 0.296. The van der Waals surface area contributed by atoms with E-state index in [0.29, 0.717) is 23.7 Å². The van der Waals surface area contributed by atoms with Crippen molar-refractivity contribution in [1.82, 2.24) is 9.88 Å². The van der Waals surface area contributed by atoms with Crippen molar-refractivity contribution in [3.8, 4) is 5.75 Å². The molecule has 34 heavy (non-hydrogen) atoms. The molecule has 0 aliphatic carbocycles. The monoisotopic (exact) mass is 460 g/mol. The molecule has 4 rings (SSSR count). The predicted octanol–water partition coefficient (Wildman–Crippen LogP) is 5.33. The minimum absolute atomic E-state index is 0.00799. The van der Waals surface area contributed by atoms with Crippen molar-refractivity contribution in [1.29, 1.82) is 0 Å². The van der Waals surface area contributed by atoms with E-state index in [-0.39, 0.29) is 17.9 Å². The van der Waals surface area contributed by atoms with Gasteiger partial charge in [-0.05, 0) is 54.8 Å². The number of furan rings is 1. The Labute approximate surface area is 198 Å². The maximum Gasteiger partial charge on any atom is 0.290 e. The Kier molecular flexibility index (Phi) is 7.11. The maximum atomic E-state index is 13.4. The summed E-state index contributed by atoms with van der Waals surface area (Å²) in [5, 5.41) is 10.8. The number of ether oxygens (including phenoxy) is 1. The van der Waals surface area contributed by atoms with Crippen LogP contribution in [0.25, 0.3) is 0 Å². The van der Waals surface area contributed by atoms with Crippen LogP contribution in [0.5, 0.6) is 5.75 Å². The number of aryl methyl sites for hydroxylation is 1. The molecule has 0 saturated carbocycles. The van der Waals surface area contributed by atoms with E-state index in [1.165, 1.54) is 4.90 Å². The van der Waals surface area contributed by atoms with Gasteiger partial charge in [0.25, 0.3) is 5.91 Å². The zero-order valence-electron chi connectivity index (χ0n) is 19.4. The highest BCUT2D eigenvalue weighted by Gasteiger charge is 2.44. The smallest absolute Gasteiger partial charge is 0.290 e. The number of carbonyl (C=O) groups is 2. The molecule has 0 spiro atoms. The lowest BCUT2D eigenvalue weighted by atomic mass is 9.94. The second kappa shape index (κ2) is 10.4. The number of carbonyl (C=O) groups excluding carboxylic acids is 2. The number of aromatic nitrogens is 1. The SMILES string of the molecule is CCCCCOc1cccc(C2C(C(=O)c3ccc(C)o3)=C(O)C(=O)N2Cc2cccnc2)c1. The second-order valence-corrected chi connectivity index (χ2v) is 8.33. The molecule has 2 aromatic heterocycles. The van der Waals surface area contributed by atoms with Gasteiger partial charge < -0.3 is 19.2 Å². The van der Waals surface area contributed by atoms with Crippen LogP contribution in [-0.2, 0) is 11.3 Å². The topological polar surface area (TPSA) is 92.9 Å². The van der Waals surface area contributed by atoms with Crippen LogP contribution in [0.15, 0.2) is 76.7 Å². The number of rotatable bonds is 10. The van der Waals surface area contributed by atoms with Crippen LogP contribution >= 0.6 is 0 Å². The zero-order chi connectivity index (χ0) is 24.1. The lowest BCUT2D eigenvalue weighted by Gasteiger charge is -2.27. The van der Waals surface area contributed by atoms with E-state index in [9.17, 15) is 14.7 Å². The second-order valence-electron chi connectivity index (χ2n) is 8.33. The number of pyridine rings is 1. The van der Waals surface area contributed by atoms with Crippen molar-refractivity contribution in [3.63, 3.8) is 0 Å². The largest absolute Gasteiger partial charge is 0.503 e. The molecule has 1 amide bonds. The quantitative estimate of drug-likeness (QED) is 0.325. The Hall–Kier alpha value is -3.87. The Morgan fingerprint density at radius 2 is 2.03 bits per heavy atom. The van der Waals surface area contributed by atoms with Crippen LogP contribution in [0, 0.1) is 6.92 Å². The van der Waals surface area contributed by atoms with Gasteiger partial charge in [0.1, 0.15) is 11.5 Å². The highest BCUT2D eigenvalue weighted by atomic mass is 16.5. The van der Waals surface area contributed by atoms with Gasteiger partial charge in [-0.3, -0.25) is 14.6 Å². The van der Waals surface area contributed by atoms with E-state index >= 15 is 0 Å². The normalized spacial score (nSPS) is 15.8. The van der Waals surface area contributed by atoms with Crippen LogP contribution < -0.4 is 4.74 Å². The number of unbranched alkanes of at least 4 members (excludes halogenated alkanes) is 2. The standard InChI is InChI=1S/C27H28N2O5/c1-3-4-5-14-33-21-10-6-9-20(15-21)24-23(25(30)22-12-11-18(2)34-22)26(31)27(32)29(24)17-19-8-7-13-28-16-19/h6-13,15-16,24,31H,3-5,14,17H2,1-2H3. The van der Waals surface area contributed by atoms with Crippen LogP contribution in [-0.4, -0.2) is 33.3 Å². The Morgan fingerprint density at radius 1 is 1.18 bits per heavy atom. The minimum atomic E-state index is -0.801. The molecule has 0 fully saturated rings. The van der Waals surface area contributed by atoms with Crippen molar-refractivity contribution in [2.24, 2.45) is 0 Å². The van der Waals surface area contributed by atoms with Crippen LogP contribution in [0.4, 0.5) is 0 Å². The summed E-state index contributed by atoms with van der Waals surface area (Å²) in [6.07, 6.45) is 6.42. The van der Waals surface area contributed by atoms with E-state index in [1.54, 1.807) is 37.5 Å². The number of Topliss-reactive ketones (excluding diaryl/α,β-unsaturated/α-hetero) is 1. The molecule has 1 unspecified atom stereocenters. The lowest BCUT2D eigenvalue weighted by Crippen LogP contribution is -2.30. The van der Waals surface area contributed by atoms with Gasteiger partial charge in [0.2, 0.25) is 5.78 Å². The van der Waals surface area contributed by atoms with Crippen molar-refractivity contribution in [2.45, 2.75) is 45.7 Å². The van der Waals surface area contributed by atoms with Gasteiger partial charge in [-0.2, -0.15) is 0 Å². The molecule has 0 bridgehead atoms. The maximum absolute atomic E-state index is 13.4. The fourth-order valence-corrected chi connectivity index (χ4v) is 4.09. The van der Waals surface area contributed by atoms with Gasteiger partial charge in [0.05, 0.1) is 18.2 Å². The van der Waals surface area contributed by atoms with E-state index in [0.717, 1.165) is 24.8 Å². The average molecular weight is 461 g/mol. The number of benzene rings is 1. The average Bonchev–Trinajstić information content (AvgIpc) is 3.39. The minimum Gasteiger partial charge on any atom is -0.503 e. The first kappa shape index (κ1) is 23.3. The van der Waals surface area contributed by atoms with E-state index in [2.05, 4.69) is 11.9 Å². The fourth-order valence-electron chi connectivity index (χ4n) is 4.09. The van der Waals surface area contributed by atoms with Gasteiger partial charge in [-0.15, -0.1) is 0 Å². The summed E-state index contributed by atoms with van der Waals surface area (Å²) in [7, 11) is 0. The number of aliphatic hydroxyl groups is 1. The zero-order valence-corrected chi connectivity index (χ0v) is 19.4. The third-order valence-electron chi connectivity index (χ3n) is 5.78. The molecule has 7 nitrogen and oxygen atoms in total. The van der Waals surface area contributed by atoms with Crippen molar-refractivity contribution in [2.75, 3.05) is 6.61 Å². The van der Waals surface area contributed by atoms with E-state index in [1.807, 2.05) is 30.3 Å². The molecule has 3 aromatic rings. The van der Waals surface area contributed by atoms with Crippen molar-refractivity contribution >= 4 is 11.7 Å². The van der Waals surface area contributed by atoms with Crippen molar-refractivity contribution in [3.05, 3.63) is 94.9 Å². The van der Waals surface area contributed by atoms with Gasteiger partial charge in [-0.1, -0.05) is 38.0 Å². The molecule has 1 atom stereocenters. The molecular weight excluding hydrogens is 432 g/mol. The summed E-state index contributed by atoms with van der Waals surface area (Å²) in [5.74, 6) is -0.413. The molecule has 0 saturated heterocycles. The Bertz CT molecular complexity index is 1200. The summed E-state index contributed by atoms with van der Waals surface area (Å²) in [4.78, 5) is 32.1. The first-order valence-electron chi connectivity index (χ1n) is 11.5. The van der Waals surface area contributed by atoms with E-state index in [4.69, 9.17) is 9.15 Å². The first-order chi connectivity index (χ1) is 16.5. The number of hydrogen-bond acceptors (Lipinski definition) is 6. The summed E-state index contributed by atoms with van der Waals surface area (Å²) in [6, 6.07) is 13.4. The molecule has 3 heterocycles. The summed E-state index contributed by atoms with van der Waals surface area (Å²) in [6.45, 7) is 4.62. The molecule has 176 valence electrons. The molecule has 1 N–H and O–H groups in total. The van der Waals surface area contributed by atoms with Gasteiger partial charge in [0, 0.05) is 18.9 Å². The third-order valence-corrected chi connectivity index (χ3v) is 5.78. The van der Waals surface area contributed by atoms with Gasteiger partial charge in [0.15, 0.2) is 11.5 Å². The first-order valence-corrected chi connectivity index (χ1v) is 11.5. The van der Waals surface area contributed by atoms with Crippen LogP contribution in [0.3, 0.4) is 0 Å². The van der Waals surface area contributed by atoms with Gasteiger partial charge in [-0.25, -0.2) is 0 Å². The molecule has 0 radical (unpaired) electrons. The molecule has 7 heteroatoms. The number of nitrogens with zero attached hydrogens (tertiary/aromatic N) is 2. The summed E-state index contributed by atoms with van der Waals surface area (Å²) >= 11 is 0. The van der Waals surface area contributed by atoms with Crippen LogP contribution in [0.2, 0.25) is 0 Å². The lowest BCUT2D eigenvalue weighted by molar-refractivity contribution is -0.130. The molecular formula is C27H28N2O5. The summed E-state index contributed by atoms with van der Waals surface area (Å²) < 4.78 is 11.4. The summed E-state index contributed by atoms with van der Waals surface area (Å²) in [5.41, 5.74) is 1.44. The van der Waals surface area contributed by atoms with E-state index < -0.39 is 23.5 Å². The molecule has 1 aromatic carbocycles. The Morgan fingerprint density at radius 3 is 2.74 bits per heavy atom. The number of aliphatic hydroxyl groups excluding tert-OH is 1. The Balaban J connectivity index is 1.71. The number of ketones is 1.